The van der Waals surface area contributed by atoms with Gasteiger partial charge in [-0.25, -0.2) is 8.42 Å². The van der Waals surface area contributed by atoms with Crippen LogP contribution in [0.4, 0.5) is 32.0 Å². The van der Waals surface area contributed by atoms with Gasteiger partial charge in [0, 0.05) is 50.7 Å². The minimum absolute atomic E-state index is 0.0513. The number of aromatic nitrogens is 2. The first-order valence-electron chi connectivity index (χ1n) is 8.89. The van der Waals surface area contributed by atoms with Crippen LogP contribution in [0.25, 0.3) is 0 Å². The highest BCUT2D eigenvalue weighted by atomic mass is 32.2. The van der Waals surface area contributed by atoms with E-state index in [0.29, 0.717) is 17.8 Å². The SMILES string of the molecule is Cn1ccc(S(=O)(=O)N2CCN(c3ccc(C(O)(C(F)(F)F)C(F)(F)F)cc3)CC2)n1. The van der Waals surface area contributed by atoms with E-state index in [2.05, 4.69) is 5.10 Å². The molecule has 1 aromatic carbocycles. The van der Waals surface area contributed by atoms with Crippen LogP contribution in [0.5, 0.6) is 0 Å². The molecule has 3 rings (SSSR count). The van der Waals surface area contributed by atoms with Gasteiger partial charge in [0.25, 0.3) is 15.6 Å². The van der Waals surface area contributed by atoms with Gasteiger partial charge in [-0.15, -0.1) is 0 Å². The third kappa shape index (κ3) is 4.11. The lowest BCUT2D eigenvalue weighted by atomic mass is 9.92. The van der Waals surface area contributed by atoms with Crippen molar-refractivity contribution in [3.63, 3.8) is 0 Å². The molecule has 0 spiro atoms. The van der Waals surface area contributed by atoms with Gasteiger partial charge in [-0.2, -0.15) is 35.7 Å². The Labute approximate surface area is 173 Å². The van der Waals surface area contributed by atoms with Gasteiger partial charge in [-0.1, -0.05) is 12.1 Å². The molecule has 0 unspecified atom stereocenters. The van der Waals surface area contributed by atoms with Crippen LogP contribution in [0.1, 0.15) is 5.56 Å². The Hall–Kier alpha value is -2.32. The lowest BCUT2D eigenvalue weighted by Crippen LogP contribution is -2.54. The molecule has 1 aliphatic heterocycles. The summed E-state index contributed by atoms with van der Waals surface area (Å²) in [6.07, 6.45) is -10.4. The maximum Gasteiger partial charge on any atom is 0.430 e. The Morgan fingerprint density at radius 1 is 0.903 bits per heavy atom. The van der Waals surface area contributed by atoms with Crippen molar-refractivity contribution in [2.75, 3.05) is 31.1 Å². The molecule has 31 heavy (non-hydrogen) atoms. The van der Waals surface area contributed by atoms with Gasteiger partial charge in [0.2, 0.25) is 0 Å². The van der Waals surface area contributed by atoms with Crippen LogP contribution in [0, 0.1) is 0 Å². The average Bonchev–Trinajstić information content (AvgIpc) is 3.13. The van der Waals surface area contributed by atoms with Crippen molar-refractivity contribution in [2.24, 2.45) is 7.05 Å². The summed E-state index contributed by atoms with van der Waals surface area (Å²) in [6.45, 7) is 0.424. The summed E-state index contributed by atoms with van der Waals surface area (Å²) >= 11 is 0. The number of rotatable bonds is 4. The quantitative estimate of drug-likeness (QED) is 0.691. The number of anilines is 1. The largest absolute Gasteiger partial charge is 0.430 e. The predicted octanol–water partition coefficient (Wildman–Crippen LogP) is 2.24. The van der Waals surface area contributed by atoms with E-state index in [1.165, 1.54) is 21.3 Å². The van der Waals surface area contributed by atoms with Crippen molar-refractivity contribution in [1.29, 1.82) is 0 Å². The molecule has 1 aliphatic rings. The summed E-state index contributed by atoms with van der Waals surface area (Å²) in [7, 11) is -2.25. The maximum absolute atomic E-state index is 13.0. The monoisotopic (exact) mass is 472 g/mol. The molecule has 0 aliphatic carbocycles. The third-order valence-electron chi connectivity index (χ3n) is 5.00. The minimum Gasteiger partial charge on any atom is -0.369 e. The molecule has 1 aromatic heterocycles. The topological polar surface area (TPSA) is 78.7 Å². The number of hydrogen-bond acceptors (Lipinski definition) is 5. The number of sulfonamides is 1. The zero-order chi connectivity index (χ0) is 23.2. The molecule has 0 amide bonds. The van der Waals surface area contributed by atoms with Crippen LogP contribution in [0.3, 0.4) is 0 Å². The highest BCUT2D eigenvalue weighted by molar-refractivity contribution is 7.89. The van der Waals surface area contributed by atoms with Crippen molar-refractivity contribution in [2.45, 2.75) is 23.0 Å². The third-order valence-corrected chi connectivity index (χ3v) is 6.79. The van der Waals surface area contributed by atoms with E-state index in [0.717, 1.165) is 12.1 Å². The van der Waals surface area contributed by atoms with Gasteiger partial charge in [-0.05, 0) is 18.2 Å². The fourth-order valence-corrected chi connectivity index (χ4v) is 4.63. The normalized spacial score (nSPS) is 17.2. The molecule has 0 radical (unpaired) electrons. The van der Waals surface area contributed by atoms with E-state index in [1.54, 1.807) is 11.9 Å². The summed E-state index contributed by atoms with van der Waals surface area (Å²) in [5, 5.41) is 13.2. The van der Waals surface area contributed by atoms with Crippen LogP contribution in [0.15, 0.2) is 41.6 Å². The first-order chi connectivity index (χ1) is 14.2. The number of piperazine rings is 1. The average molecular weight is 472 g/mol. The van der Waals surface area contributed by atoms with Crippen LogP contribution in [-0.2, 0) is 22.7 Å². The molecule has 14 heteroatoms. The predicted molar refractivity (Wildman–Crippen MR) is 96.6 cm³/mol. The lowest BCUT2D eigenvalue weighted by molar-refractivity contribution is -0.376. The van der Waals surface area contributed by atoms with Crippen molar-refractivity contribution in [3.05, 3.63) is 42.1 Å². The first kappa shape index (κ1) is 23.3. The van der Waals surface area contributed by atoms with Gasteiger partial charge in [0.05, 0.1) is 0 Å². The molecule has 1 N–H and O–H groups in total. The van der Waals surface area contributed by atoms with Crippen LogP contribution in [0.2, 0.25) is 0 Å². The zero-order valence-electron chi connectivity index (χ0n) is 16.0. The Kier molecular flexibility index (Phi) is 5.78. The molecule has 1 saturated heterocycles. The lowest BCUT2D eigenvalue weighted by Gasteiger charge is -2.36. The van der Waals surface area contributed by atoms with Crippen molar-refractivity contribution in [3.8, 4) is 0 Å². The molecule has 2 aromatic rings. The number of alkyl halides is 6. The fraction of sp³-hybridized carbons (Fsp3) is 0.471. The van der Waals surface area contributed by atoms with E-state index in [-0.39, 0.29) is 31.2 Å². The summed E-state index contributed by atoms with van der Waals surface area (Å²) in [5.74, 6) is 0. The molecule has 7 nitrogen and oxygen atoms in total. The van der Waals surface area contributed by atoms with E-state index in [4.69, 9.17) is 0 Å². The summed E-state index contributed by atoms with van der Waals surface area (Å²) in [6, 6.07) is 4.53. The number of aliphatic hydroxyl groups is 1. The van der Waals surface area contributed by atoms with Crippen molar-refractivity contribution < 1.29 is 39.9 Å². The van der Waals surface area contributed by atoms with Crippen LogP contribution in [-0.4, -0.2) is 66.1 Å². The highest BCUT2D eigenvalue weighted by Crippen LogP contribution is 2.50. The Balaban J connectivity index is 1.75. The number of hydrogen-bond donors (Lipinski definition) is 1. The second kappa shape index (κ2) is 7.67. The number of halogens is 6. The Morgan fingerprint density at radius 3 is 1.84 bits per heavy atom. The van der Waals surface area contributed by atoms with E-state index >= 15 is 0 Å². The second-order valence-electron chi connectivity index (χ2n) is 6.97. The van der Waals surface area contributed by atoms with E-state index < -0.39 is 33.5 Å². The maximum atomic E-state index is 13.0. The smallest absolute Gasteiger partial charge is 0.369 e. The summed E-state index contributed by atoms with van der Waals surface area (Å²) in [4.78, 5) is 1.62. The molecule has 1 fully saturated rings. The molecule has 0 atom stereocenters. The van der Waals surface area contributed by atoms with Crippen LogP contribution < -0.4 is 4.90 Å². The molecular formula is C17H18F6N4O3S. The molecular weight excluding hydrogens is 454 g/mol. The van der Waals surface area contributed by atoms with E-state index in [1.807, 2.05) is 0 Å². The molecule has 0 bridgehead atoms. The zero-order valence-corrected chi connectivity index (χ0v) is 16.8. The molecule has 2 heterocycles. The number of nitrogens with zero attached hydrogens (tertiary/aromatic N) is 4. The van der Waals surface area contributed by atoms with Gasteiger partial charge in [-0.3, -0.25) is 4.68 Å². The minimum atomic E-state index is -5.96. The molecule has 172 valence electrons. The highest BCUT2D eigenvalue weighted by Gasteiger charge is 2.71. The Bertz CT molecular complexity index is 1010. The van der Waals surface area contributed by atoms with Crippen molar-refractivity contribution in [1.82, 2.24) is 14.1 Å². The van der Waals surface area contributed by atoms with Gasteiger partial charge in [0.15, 0.2) is 5.03 Å². The second-order valence-corrected chi connectivity index (χ2v) is 8.86. The standard InChI is InChI=1S/C17H18F6N4O3S/c1-25-7-6-14(24-25)31(29,30)27-10-8-26(9-11-27)13-4-2-12(3-5-13)15(28,16(18,19)20)17(21,22)23/h2-7,28H,8-11H2,1H3. The number of benzene rings is 1. The van der Waals surface area contributed by atoms with Gasteiger partial charge >= 0.3 is 12.4 Å². The fourth-order valence-electron chi connectivity index (χ4n) is 3.25. The van der Waals surface area contributed by atoms with Gasteiger partial charge in [0.1, 0.15) is 0 Å². The van der Waals surface area contributed by atoms with Crippen molar-refractivity contribution >= 4 is 15.7 Å². The summed E-state index contributed by atoms with van der Waals surface area (Å²) in [5.41, 5.74) is -6.05. The number of aryl methyl sites for hydroxylation is 1. The Morgan fingerprint density at radius 2 is 1.42 bits per heavy atom. The van der Waals surface area contributed by atoms with Gasteiger partial charge < -0.3 is 10.0 Å². The molecule has 0 saturated carbocycles. The van der Waals surface area contributed by atoms with Crippen LogP contribution >= 0.6 is 0 Å². The first-order valence-corrected chi connectivity index (χ1v) is 10.3. The summed E-state index contributed by atoms with van der Waals surface area (Å²) < 4.78 is 106. The van der Waals surface area contributed by atoms with E-state index in [9.17, 15) is 39.9 Å².